The molecule has 128 valence electrons. The molecular weight excluding hydrogens is 392 g/mol. The van der Waals surface area contributed by atoms with Crippen LogP contribution in [0.1, 0.15) is 15.9 Å². The van der Waals surface area contributed by atoms with Gasteiger partial charge in [0.15, 0.2) is 17.3 Å². The van der Waals surface area contributed by atoms with Crippen LogP contribution in [0.4, 0.5) is 0 Å². The van der Waals surface area contributed by atoms with Crippen LogP contribution < -0.4 is 9.47 Å². The summed E-state index contributed by atoms with van der Waals surface area (Å²) in [6.07, 6.45) is 3.42. The number of benzene rings is 3. The zero-order chi connectivity index (χ0) is 17.9. The van der Waals surface area contributed by atoms with Crippen molar-refractivity contribution in [2.45, 2.75) is 0 Å². The lowest BCUT2D eigenvalue weighted by Crippen LogP contribution is -1.94. The molecule has 4 rings (SSSR count). The molecule has 0 atom stereocenters. The van der Waals surface area contributed by atoms with Gasteiger partial charge in [-0.25, -0.2) is 0 Å². The van der Waals surface area contributed by atoms with E-state index in [0.29, 0.717) is 5.56 Å². The van der Waals surface area contributed by atoms with Gasteiger partial charge in [0.2, 0.25) is 6.79 Å². The van der Waals surface area contributed by atoms with Crippen molar-refractivity contribution in [2.75, 3.05) is 6.79 Å². The maximum absolute atomic E-state index is 12.5. The van der Waals surface area contributed by atoms with Crippen molar-refractivity contribution in [3.05, 3.63) is 88.4 Å². The predicted octanol–water partition coefficient (Wildman–Crippen LogP) is 5.74. The SMILES string of the molecule is O=C(/C=C/c1ccc(Br)cc1)c1cccc(-c2ccc3c(c2)OCO3)c1. The van der Waals surface area contributed by atoms with Gasteiger partial charge < -0.3 is 9.47 Å². The van der Waals surface area contributed by atoms with E-state index in [1.807, 2.05) is 72.8 Å². The van der Waals surface area contributed by atoms with E-state index >= 15 is 0 Å². The van der Waals surface area contributed by atoms with Gasteiger partial charge in [0, 0.05) is 10.0 Å². The topological polar surface area (TPSA) is 35.5 Å². The van der Waals surface area contributed by atoms with E-state index in [9.17, 15) is 4.79 Å². The van der Waals surface area contributed by atoms with E-state index in [4.69, 9.17) is 9.47 Å². The van der Waals surface area contributed by atoms with Crippen LogP contribution in [-0.4, -0.2) is 12.6 Å². The first kappa shape index (κ1) is 16.6. The highest BCUT2D eigenvalue weighted by atomic mass is 79.9. The fraction of sp³-hybridized carbons (Fsp3) is 0.0455. The Morgan fingerprint density at radius 1 is 0.885 bits per heavy atom. The second kappa shape index (κ2) is 7.18. The van der Waals surface area contributed by atoms with Gasteiger partial charge in [-0.1, -0.05) is 58.4 Å². The molecule has 4 heteroatoms. The molecule has 0 aliphatic carbocycles. The number of hydrogen-bond acceptors (Lipinski definition) is 3. The predicted molar refractivity (Wildman–Crippen MR) is 106 cm³/mol. The lowest BCUT2D eigenvalue weighted by molar-refractivity contribution is 0.104. The Morgan fingerprint density at radius 3 is 2.50 bits per heavy atom. The van der Waals surface area contributed by atoms with Crippen LogP contribution >= 0.6 is 15.9 Å². The van der Waals surface area contributed by atoms with Gasteiger partial charge in [0.1, 0.15) is 0 Å². The van der Waals surface area contributed by atoms with E-state index in [0.717, 1.165) is 32.7 Å². The first-order valence-electron chi connectivity index (χ1n) is 8.17. The summed E-state index contributed by atoms with van der Waals surface area (Å²) in [5.41, 5.74) is 3.58. The van der Waals surface area contributed by atoms with Gasteiger partial charge in [0.05, 0.1) is 0 Å². The summed E-state index contributed by atoms with van der Waals surface area (Å²) in [6, 6.07) is 21.2. The smallest absolute Gasteiger partial charge is 0.231 e. The highest BCUT2D eigenvalue weighted by Crippen LogP contribution is 2.36. The van der Waals surface area contributed by atoms with Gasteiger partial charge in [-0.2, -0.15) is 0 Å². The normalized spacial score (nSPS) is 12.5. The number of hydrogen-bond donors (Lipinski definition) is 0. The average Bonchev–Trinajstić information content (AvgIpc) is 3.15. The standard InChI is InChI=1S/C22H15BrO3/c23-19-8-4-15(5-9-19)6-10-20(24)18-3-1-2-16(12-18)17-7-11-21-22(13-17)26-14-25-21/h1-13H,14H2/b10-6+. The molecule has 3 aromatic rings. The number of carbonyl (C=O) groups excluding carboxylic acids is 1. The Balaban J connectivity index is 1.57. The molecule has 0 unspecified atom stereocenters. The number of ketones is 1. The van der Waals surface area contributed by atoms with Gasteiger partial charge in [-0.3, -0.25) is 4.79 Å². The average molecular weight is 407 g/mol. The fourth-order valence-electron chi connectivity index (χ4n) is 2.77. The maximum Gasteiger partial charge on any atom is 0.231 e. The highest BCUT2D eigenvalue weighted by Gasteiger charge is 2.14. The van der Waals surface area contributed by atoms with Gasteiger partial charge in [-0.15, -0.1) is 0 Å². The molecule has 3 aromatic carbocycles. The third kappa shape index (κ3) is 3.55. The van der Waals surface area contributed by atoms with Crippen molar-refractivity contribution >= 4 is 27.8 Å². The Morgan fingerprint density at radius 2 is 1.65 bits per heavy atom. The van der Waals surface area contributed by atoms with Crippen LogP contribution in [0.5, 0.6) is 11.5 Å². The Bertz CT molecular complexity index is 991. The monoisotopic (exact) mass is 406 g/mol. The minimum Gasteiger partial charge on any atom is -0.454 e. The number of halogens is 1. The van der Waals surface area contributed by atoms with Crippen molar-refractivity contribution in [3.63, 3.8) is 0 Å². The lowest BCUT2D eigenvalue weighted by Gasteiger charge is -2.05. The third-order valence-corrected chi connectivity index (χ3v) is 4.68. The Kier molecular flexibility index (Phi) is 4.59. The van der Waals surface area contributed by atoms with Crippen molar-refractivity contribution < 1.29 is 14.3 Å². The van der Waals surface area contributed by atoms with Crippen molar-refractivity contribution in [3.8, 4) is 22.6 Å². The minimum atomic E-state index is -0.0319. The number of carbonyl (C=O) groups is 1. The summed E-state index contributed by atoms with van der Waals surface area (Å²) in [7, 11) is 0. The Hall–Kier alpha value is -2.85. The molecule has 1 aliphatic heterocycles. The summed E-state index contributed by atoms with van der Waals surface area (Å²) in [5.74, 6) is 1.45. The zero-order valence-electron chi connectivity index (χ0n) is 13.8. The number of allylic oxidation sites excluding steroid dienone is 1. The summed E-state index contributed by atoms with van der Waals surface area (Å²) in [4.78, 5) is 12.5. The second-order valence-corrected chi connectivity index (χ2v) is 6.81. The molecule has 0 aromatic heterocycles. The summed E-state index contributed by atoms with van der Waals surface area (Å²) >= 11 is 3.40. The molecule has 26 heavy (non-hydrogen) atoms. The number of fused-ring (bicyclic) bond motifs is 1. The second-order valence-electron chi connectivity index (χ2n) is 5.90. The van der Waals surface area contributed by atoms with E-state index in [-0.39, 0.29) is 12.6 Å². The summed E-state index contributed by atoms with van der Waals surface area (Å²) in [5, 5.41) is 0. The van der Waals surface area contributed by atoms with Crippen LogP contribution in [0.25, 0.3) is 17.2 Å². The molecule has 0 amide bonds. The van der Waals surface area contributed by atoms with Crippen LogP contribution in [0.2, 0.25) is 0 Å². The molecule has 0 bridgehead atoms. The number of rotatable bonds is 4. The summed E-state index contributed by atoms with van der Waals surface area (Å²) < 4.78 is 11.8. The van der Waals surface area contributed by atoms with Crippen LogP contribution in [-0.2, 0) is 0 Å². The number of ether oxygens (including phenoxy) is 2. The molecule has 0 radical (unpaired) electrons. The fourth-order valence-corrected chi connectivity index (χ4v) is 3.03. The van der Waals surface area contributed by atoms with Crippen molar-refractivity contribution in [1.82, 2.24) is 0 Å². The zero-order valence-corrected chi connectivity index (χ0v) is 15.4. The van der Waals surface area contributed by atoms with Gasteiger partial charge >= 0.3 is 0 Å². The van der Waals surface area contributed by atoms with Crippen LogP contribution in [0, 0.1) is 0 Å². The third-order valence-electron chi connectivity index (χ3n) is 4.15. The lowest BCUT2D eigenvalue weighted by atomic mass is 10.0. The van der Waals surface area contributed by atoms with Gasteiger partial charge in [0.25, 0.3) is 0 Å². The van der Waals surface area contributed by atoms with E-state index in [1.165, 1.54) is 0 Å². The molecular formula is C22H15BrO3. The molecule has 0 saturated carbocycles. The maximum atomic E-state index is 12.5. The molecule has 0 N–H and O–H groups in total. The molecule has 0 spiro atoms. The van der Waals surface area contributed by atoms with Crippen molar-refractivity contribution in [2.24, 2.45) is 0 Å². The Labute approximate surface area is 160 Å². The highest BCUT2D eigenvalue weighted by molar-refractivity contribution is 9.10. The molecule has 3 nitrogen and oxygen atoms in total. The van der Waals surface area contributed by atoms with E-state index in [1.54, 1.807) is 6.08 Å². The summed E-state index contributed by atoms with van der Waals surface area (Å²) in [6.45, 7) is 0.248. The largest absolute Gasteiger partial charge is 0.454 e. The quantitative estimate of drug-likeness (QED) is 0.409. The minimum absolute atomic E-state index is 0.0319. The van der Waals surface area contributed by atoms with Gasteiger partial charge in [-0.05, 0) is 53.1 Å². The molecule has 1 heterocycles. The van der Waals surface area contributed by atoms with E-state index in [2.05, 4.69) is 15.9 Å². The first-order chi connectivity index (χ1) is 12.7. The van der Waals surface area contributed by atoms with Crippen LogP contribution in [0.15, 0.2) is 77.3 Å². The first-order valence-corrected chi connectivity index (χ1v) is 8.96. The van der Waals surface area contributed by atoms with Crippen LogP contribution in [0.3, 0.4) is 0 Å². The van der Waals surface area contributed by atoms with Crippen molar-refractivity contribution in [1.29, 1.82) is 0 Å². The molecule has 0 fully saturated rings. The molecule has 0 saturated heterocycles. The molecule has 1 aliphatic rings. The van der Waals surface area contributed by atoms with E-state index < -0.39 is 0 Å².